The SMILES string of the molecule is Cn1cc(CC2(CCl)CCCc3ccccc32)nn1. The van der Waals surface area contributed by atoms with Gasteiger partial charge < -0.3 is 0 Å². The van der Waals surface area contributed by atoms with Crippen molar-refractivity contribution in [2.75, 3.05) is 5.88 Å². The molecule has 0 saturated heterocycles. The molecular formula is C15H18ClN3. The standard InChI is InChI=1S/C15H18ClN3/c1-19-10-13(17-18-19)9-15(11-16)8-4-6-12-5-2-3-7-14(12)15/h2-3,5,7,10H,4,6,8-9,11H2,1H3. The van der Waals surface area contributed by atoms with Crippen molar-refractivity contribution in [2.45, 2.75) is 31.1 Å². The number of hydrogen-bond donors (Lipinski definition) is 0. The quantitative estimate of drug-likeness (QED) is 0.807. The summed E-state index contributed by atoms with van der Waals surface area (Å²) in [6.07, 6.45) is 6.36. The molecule has 3 nitrogen and oxygen atoms in total. The van der Waals surface area contributed by atoms with Gasteiger partial charge in [0, 0.05) is 31.0 Å². The van der Waals surface area contributed by atoms with Crippen LogP contribution >= 0.6 is 11.6 Å². The third-order valence-corrected chi connectivity index (χ3v) is 4.63. The molecule has 1 heterocycles. The van der Waals surface area contributed by atoms with Crippen LogP contribution in [-0.2, 0) is 25.3 Å². The van der Waals surface area contributed by atoms with Crippen molar-refractivity contribution in [3.63, 3.8) is 0 Å². The average Bonchev–Trinajstić information content (AvgIpc) is 2.84. The Balaban J connectivity index is 2.00. The van der Waals surface area contributed by atoms with Crippen molar-refractivity contribution in [1.82, 2.24) is 15.0 Å². The summed E-state index contributed by atoms with van der Waals surface area (Å²) in [5.74, 6) is 0.639. The van der Waals surface area contributed by atoms with Crippen LogP contribution in [0.4, 0.5) is 0 Å². The topological polar surface area (TPSA) is 30.7 Å². The fourth-order valence-electron chi connectivity index (χ4n) is 3.20. The first-order chi connectivity index (χ1) is 9.23. The molecule has 1 aromatic heterocycles. The Labute approximate surface area is 118 Å². The van der Waals surface area contributed by atoms with Crippen LogP contribution < -0.4 is 0 Å². The Hall–Kier alpha value is -1.35. The molecule has 0 radical (unpaired) electrons. The van der Waals surface area contributed by atoms with Gasteiger partial charge in [-0.15, -0.1) is 16.7 Å². The highest BCUT2D eigenvalue weighted by molar-refractivity contribution is 6.18. The molecule has 1 aliphatic rings. The molecule has 0 saturated carbocycles. The largest absolute Gasteiger partial charge is 0.255 e. The van der Waals surface area contributed by atoms with E-state index in [1.165, 1.54) is 17.5 Å². The van der Waals surface area contributed by atoms with Gasteiger partial charge in [-0.3, -0.25) is 4.68 Å². The first kappa shape index (κ1) is 12.7. The van der Waals surface area contributed by atoms with Crippen LogP contribution in [0.3, 0.4) is 0 Å². The summed E-state index contributed by atoms with van der Waals surface area (Å²) in [5.41, 5.74) is 3.90. The van der Waals surface area contributed by atoms with Gasteiger partial charge in [-0.05, 0) is 30.4 Å². The minimum atomic E-state index is 0.0203. The second kappa shape index (κ2) is 4.97. The van der Waals surface area contributed by atoms with Gasteiger partial charge in [0.15, 0.2) is 0 Å². The molecule has 100 valence electrons. The number of rotatable bonds is 3. The molecule has 1 aromatic carbocycles. The summed E-state index contributed by atoms with van der Waals surface area (Å²) in [4.78, 5) is 0. The van der Waals surface area contributed by atoms with E-state index < -0.39 is 0 Å². The van der Waals surface area contributed by atoms with Crippen molar-refractivity contribution < 1.29 is 0 Å². The predicted octanol–water partition coefficient (Wildman–Crippen LogP) is 2.87. The van der Waals surface area contributed by atoms with Gasteiger partial charge in [0.05, 0.1) is 5.69 Å². The first-order valence-electron chi connectivity index (χ1n) is 6.73. The lowest BCUT2D eigenvalue weighted by Crippen LogP contribution is -2.35. The Kier molecular flexibility index (Phi) is 3.31. The van der Waals surface area contributed by atoms with Gasteiger partial charge in [-0.1, -0.05) is 29.5 Å². The molecule has 0 fully saturated rings. The van der Waals surface area contributed by atoms with Gasteiger partial charge >= 0.3 is 0 Å². The predicted molar refractivity (Wildman–Crippen MR) is 76.5 cm³/mol. The second-order valence-electron chi connectivity index (χ2n) is 5.48. The second-order valence-corrected chi connectivity index (χ2v) is 5.75. The average molecular weight is 276 g/mol. The highest BCUT2D eigenvalue weighted by Crippen LogP contribution is 2.40. The minimum Gasteiger partial charge on any atom is -0.255 e. The Bertz CT molecular complexity index is 578. The van der Waals surface area contributed by atoms with Crippen LogP contribution in [0.15, 0.2) is 30.5 Å². The van der Waals surface area contributed by atoms with E-state index in [1.807, 2.05) is 13.2 Å². The number of halogens is 1. The van der Waals surface area contributed by atoms with Crippen LogP contribution in [-0.4, -0.2) is 20.9 Å². The van der Waals surface area contributed by atoms with Crippen LogP contribution in [0.25, 0.3) is 0 Å². The maximum Gasteiger partial charge on any atom is 0.0836 e. The van der Waals surface area contributed by atoms with E-state index in [2.05, 4.69) is 34.6 Å². The number of nitrogens with zero attached hydrogens (tertiary/aromatic N) is 3. The van der Waals surface area contributed by atoms with Crippen LogP contribution in [0.2, 0.25) is 0 Å². The summed E-state index contributed by atoms with van der Waals surface area (Å²) >= 11 is 6.37. The molecule has 0 amide bonds. The smallest absolute Gasteiger partial charge is 0.0836 e. The normalized spacial score (nSPS) is 22.2. The summed E-state index contributed by atoms with van der Waals surface area (Å²) < 4.78 is 1.76. The lowest BCUT2D eigenvalue weighted by atomic mass is 9.69. The molecule has 0 N–H and O–H groups in total. The minimum absolute atomic E-state index is 0.0203. The third kappa shape index (κ3) is 2.27. The van der Waals surface area contributed by atoms with Crippen molar-refractivity contribution in [3.05, 3.63) is 47.3 Å². The first-order valence-corrected chi connectivity index (χ1v) is 7.26. The van der Waals surface area contributed by atoms with E-state index in [0.29, 0.717) is 5.88 Å². The fourth-order valence-corrected chi connectivity index (χ4v) is 3.57. The van der Waals surface area contributed by atoms with Gasteiger partial charge in [0.2, 0.25) is 0 Å². The number of aryl methyl sites for hydroxylation is 2. The summed E-state index contributed by atoms with van der Waals surface area (Å²) in [5, 5.41) is 8.26. The number of hydrogen-bond acceptors (Lipinski definition) is 2. The van der Waals surface area contributed by atoms with Gasteiger partial charge in [0.1, 0.15) is 0 Å². The molecular weight excluding hydrogens is 258 g/mol. The molecule has 2 aromatic rings. The van der Waals surface area contributed by atoms with E-state index >= 15 is 0 Å². The van der Waals surface area contributed by atoms with Gasteiger partial charge in [-0.25, -0.2) is 0 Å². The summed E-state index contributed by atoms with van der Waals surface area (Å²) in [7, 11) is 1.90. The van der Waals surface area contributed by atoms with Gasteiger partial charge in [-0.2, -0.15) is 0 Å². The van der Waals surface area contributed by atoms with E-state index in [9.17, 15) is 0 Å². The number of alkyl halides is 1. The molecule has 1 atom stereocenters. The molecule has 1 unspecified atom stereocenters. The zero-order valence-electron chi connectivity index (χ0n) is 11.1. The maximum atomic E-state index is 6.37. The fraction of sp³-hybridized carbons (Fsp3) is 0.467. The number of fused-ring (bicyclic) bond motifs is 1. The van der Waals surface area contributed by atoms with E-state index in [0.717, 1.165) is 25.0 Å². The molecule has 0 bridgehead atoms. The molecule has 3 rings (SSSR count). The lowest BCUT2D eigenvalue weighted by molar-refractivity contribution is 0.393. The van der Waals surface area contributed by atoms with Crippen LogP contribution in [0, 0.1) is 0 Å². The lowest BCUT2D eigenvalue weighted by Gasteiger charge is -2.37. The zero-order valence-corrected chi connectivity index (χ0v) is 11.9. The Morgan fingerprint density at radius 3 is 2.95 bits per heavy atom. The number of aromatic nitrogens is 3. The highest BCUT2D eigenvalue weighted by atomic mass is 35.5. The highest BCUT2D eigenvalue weighted by Gasteiger charge is 2.36. The summed E-state index contributed by atoms with van der Waals surface area (Å²) in [6, 6.07) is 8.69. The maximum absolute atomic E-state index is 6.37. The van der Waals surface area contributed by atoms with E-state index in [4.69, 9.17) is 11.6 Å². The van der Waals surface area contributed by atoms with Crippen molar-refractivity contribution >= 4 is 11.6 Å². The Morgan fingerprint density at radius 2 is 2.21 bits per heavy atom. The van der Waals surface area contributed by atoms with Crippen LogP contribution in [0.5, 0.6) is 0 Å². The Morgan fingerprint density at radius 1 is 1.37 bits per heavy atom. The summed E-state index contributed by atoms with van der Waals surface area (Å²) in [6.45, 7) is 0. The van der Waals surface area contributed by atoms with Crippen molar-refractivity contribution in [2.24, 2.45) is 7.05 Å². The van der Waals surface area contributed by atoms with E-state index in [-0.39, 0.29) is 5.41 Å². The molecule has 0 spiro atoms. The van der Waals surface area contributed by atoms with Crippen LogP contribution in [0.1, 0.15) is 29.7 Å². The third-order valence-electron chi connectivity index (χ3n) is 4.12. The molecule has 0 aliphatic heterocycles. The molecule has 19 heavy (non-hydrogen) atoms. The van der Waals surface area contributed by atoms with Crippen molar-refractivity contribution in [1.29, 1.82) is 0 Å². The number of benzene rings is 1. The van der Waals surface area contributed by atoms with Crippen molar-refractivity contribution in [3.8, 4) is 0 Å². The monoisotopic (exact) mass is 275 g/mol. The van der Waals surface area contributed by atoms with E-state index in [1.54, 1.807) is 4.68 Å². The molecule has 4 heteroatoms. The van der Waals surface area contributed by atoms with Gasteiger partial charge in [0.25, 0.3) is 0 Å². The zero-order chi connectivity index (χ0) is 13.3. The molecule has 1 aliphatic carbocycles.